The zero-order valence-electron chi connectivity index (χ0n) is 12.5. The van der Waals surface area contributed by atoms with Crippen LogP contribution in [0.1, 0.15) is 27.7 Å². The zero-order chi connectivity index (χ0) is 13.2. The first-order chi connectivity index (χ1) is 8.42. The minimum atomic E-state index is -0.339. The van der Waals surface area contributed by atoms with E-state index in [1.807, 2.05) is 12.7 Å². The summed E-state index contributed by atoms with van der Waals surface area (Å²) in [5.74, 6) is 0. The lowest BCUT2D eigenvalue weighted by Gasteiger charge is -2.33. The van der Waals surface area contributed by atoms with Gasteiger partial charge in [0.2, 0.25) is 0 Å². The number of hydrogen-bond acceptors (Lipinski definition) is 6. The van der Waals surface area contributed by atoms with Crippen molar-refractivity contribution in [3.8, 4) is 0 Å². The van der Waals surface area contributed by atoms with Crippen LogP contribution in [0, 0.1) is 0 Å². The molecule has 0 aromatic rings. The predicted molar refractivity (Wildman–Crippen MR) is 87.6 cm³/mol. The SMILES string of the molecule is CC(C)(N=NC(C)(C)N1C=NCC1)N1C=NCC1.Cl.Cl. The van der Waals surface area contributed by atoms with Crippen LogP contribution in [0.4, 0.5) is 0 Å². The Bertz CT molecular complexity index is 355. The standard InChI is InChI=1S/C12H22N6.2ClH/c1-11(2,17-7-5-13-9-17)15-16-12(3,4)18-8-6-14-10-18;;/h9-10H,5-8H2,1-4H3;2*1H. The quantitative estimate of drug-likeness (QED) is 0.746. The second kappa shape index (κ2) is 7.22. The molecule has 0 fully saturated rings. The predicted octanol–water partition coefficient (Wildman–Crippen LogP) is 2.44. The highest BCUT2D eigenvalue weighted by Crippen LogP contribution is 2.22. The molecule has 0 aromatic heterocycles. The van der Waals surface area contributed by atoms with Crippen molar-refractivity contribution in [1.82, 2.24) is 9.80 Å². The van der Waals surface area contributed by atoms with Crippen LogP contribution in [0.3, 0.4) is 0 Å². The molecule has 2 heterocycles. The molecule has 0 saturated heterocycles. The highest BCUT2D eigenvalue weighted by atomic mass is 35.5. The van der Waals surface area contributed by atoms with Gasteiger partial charge in [0.05, 0.1) is 25.8 Å². The first kappa shape index (κ1) is 19.1. The van der Waals surface area contributed by atoms with Crippen molar-refractivity contribution < 1.29 is 0 Å². The smallest absolute Gasteiger partial charge is 0.147 e. The van der Waals surface area contributed by atoms with E-state index in [1.165, 1.54) is 0 Å². The molecule has 0 aliphatic carbocycles. The van der Waals surface area contributed by atoms with Gasteiger partial charge in [0.25, 0.3) is 0 Å². The fourth-order valence-corrected chi connectivity index (χ4v) is 1.95. The Morgan fingerprint density at radius 3 is 1.40 bits per heavy atom. The second-order valence-corrected chi connectivity index (χ2v) is 5.62. The topological polar surface area (TPSA) is 55.9 Å². The fraction of sp³-hybridized carbons (Fsp3) is 0.833. The summed E-state index contributed by atoms with van der Waals surface area (Å²) in [6.45, 7) is 11.8. The van der Waals surface area contributed by atoms with Gasteiger partial charge in [-0.25, -0.2) is 0 Å². The summed E-state index contributed by atoms with van der Waals surface area (Å²) in [7, 11) is 0. The molecule has 2 aliphatic rings. The summed E-state index contributed by atoms with van der Waals surface area (Å²) in [6.07, 6.45) is 3.73. The van der Waals surface area contributed by atoms with Crippen LogP contribution in [-0.2, 0) is 0 Å². The third-order valence-corrected chi connectivity index (χ3v) is 3.33. The van der Waals surface area contributed by atoms with E-state index in [2.05, 4.69) is 57.7 Å². The number of azo groups is 1. The largest absolute Gasteiger partial charge is 0.336 e. The number of halogens is 2. The van der Waals surface area contributed by atoms with Crippen LogP contribution < -0.4 is 0 Å². The van der Waals surface area contributed by atoms with E-state index in [0.717, 1.165) is 26.2 Å². The Morgan fingerprint density at radius 1 is 0.800 bits per heavy atom. The third-order valence-electron chi connectivity index (χ3n) is 3.33. The van der Waals surface area contributed by atoms with Crippen molar-refractivity contribution in [3.05, 3.63) is 0 Å². The van der Waals surface area contributed by atoms with Gasteiger partial charge in [0.1, 0.15) is 11.3 Å². The number of hydrogen-bond donors (Lipinski definition) is 0. The summed E-state index contributed by atoms with van der Waals surface area (Å²) in [5, 5.41) is 9.02. The number of rotatable bonds is 4. The molecule has 8 heteroatoms. The third kappa shape index (κ3) is 4.31. The van der Waals surface area contributed by atoms with Crippen molar-refractivity contribution >= 4 is 37.5 Å². The molecule has 6 nitrogen and oxygen atoms in total. The van der Waals surface area contributed by atoms with E-state index < -0.39 is 0 Å². The normalized spacial score (nSPS) is 18.6. The maximum absolute atomic E-state index is 4.51. The van der Waals surface area contributed by atoms with E-state index in [4.69, 9.17) is 0 Å². The summed E-state index contributed by atoms with van der Waals surface area (Å²) in [5.41, 5.74) is -0.678. The van der Waals surface area contributed by atoms with Crippen LogP contribution in [0.2, 0.25) is 0 Å². The van der Waals surface area contributed by atoms with Crippen molar-refractivity contribution in [3.63, 3.8) is 0 Å². The Hall–Kier alpha value is -0.880. The van der Waals surface area contributed by atoms with Crippen LogP contribution in [0.5, 0.6) is 0 Å². The molecule has 0 atom stereocenters. The van der Waals surface area contributed by atoms with Gasteiger partial charge in [0.15, 0.2) is 0 Å². The molecule has 0 aromatic carbocycles. The average Bonchev–Trinajstić information content (AvgIpc) is 2.99. The summed E-state index contributed by atoms with van der Waals surface area (Å²) in [6, 6.07) is 0. The molecule has 0 bridgehead atoms. The molecule has 0 N–H and O–H groups in total. The maximum atomic E-state index is 4.51. The van der Waals surface area contributed by atoms with Gasteiger partial charge in [0, 0.05) is 13.1 Å². The van der Waals surface area contributed by atoms with Crippen molar-refractivity contribution in [2.75, 3.05) is 26.2 Å². The van der Waals surface area contributed by atoms with Crippen molar-refractivity contribution in [2.24, 2.45) is 20.2 Å². The molecule has 20 heavy (non-hydrogen) atoms. The molecule has 0 unspecified atom stereocenters. The Morgan fingerprint density at radius 2 is 1.15 bits per heavy atom. The minimum absolute atomic E-state index is 0. The van der Waals surface area contributed by atoms with Crippen LogP contribution in [0.15, 0.2) is 20.2 Å². The molecule has 0 amide bonds. The highest BCUT2D eigenvalue weighted by Gasteiger charge is 2.30. The van der Waals surface area contributed by atoms with E-state index in [1.54, 1.807) is 0 Å². The molecule has 116 valence electrons. The molecule has 2 aliphatic heterocycles. The van der Waals surface area contributed by atoms with Crippen LogP contribution >= 0.6 is 24.8 Å². The lowest BCUT2D eigenvalue weighted by Crippen LogP contribution is -2.43. The van der Waals surface area contributed by atoms with Crippen molar-refractivity contribution in [2.45, 2.75) is 39.0 Å². The van der Waals surface area contributed by atoms with Gasteiger partial charge < -0.3 is 9.80 Å². The Kier molecular flexibility index (Phi) is 6.90. The first-order valence-electron chi connectivity index (χ1n) is 6.39. The molecule has 0 saturated carbocycles. The van der Waals surface area contributed by atoms with Gasteiger partial charge >= 0.3 is 0 Å². The van der Waals surface area contributed by atoms with Gasteiger partial charge in [-0.3, -0.25) is 9.98 Å². The molecule has 0 radical (unpaired) electrons. The lowest BCUT2D eigenvalue weighted by atomic mass is 10.2. The van der Waals surface area contributed by atoms with Crippen LogP contribution in [-0.4, -0.2) is 60.0 Å². The first-order valence-corrected chi connectivity index (χ1v) is 6.39. The summed E-state index contributed by atoms with van der Waals surface area (Å²) < 4.78 is 0. The average molecular weight is 323 g/mol. The molecule has 2 rings (SSSR count). The van der Waals surface area contributed by atoms with Gasteiger partial charge in [-0.2, -0.15) is 10.2 Å². The van der Waals surface area contributed by atoms with Crippen LogP contribution in [0.25, 0.3) is 0 Å². The van der Waals surface area contributed by atoms with Crippen molar-refractivity contribution in [1.29, 1.82) is 0 Å². The monoisotopic (exact) mass is 322 g/mol. The molecular weight excluding hydrogens is 299 g/mol. The van der Waals surface area contributed by atoms with Gasteiger partial charge in [-0.15, -0.1) is 24.8 Å². The molecule has 0 spiro atoms. The number of nitrogens with zero attached hydrogens (tertiary/aromatic N) is 6. The van der Waals surface area contributed by atoms with Gasteiger partial charge in [-0.1, -0.05) is 0 Å². The minimum Gasteiger partial charge on any atom is -0.336 e. The molecular formula is C12H24Cl2N6. The number of aliphatic imine (C=N–C) groups is 2. The summed E-state index contributed by atoms with van der Waals surface area (Å²) in [4.78, 5) is 12.7. The van der Waals surface area contributed by atoms with E-state index in [-0.39, 0.29) is 36.1 Å². The Balaban J connectivity index is 0.00000180. The lowest BCUT2D eigenvalue weighted by molar-refractivity contribution is 0.192. The zero-order valence-corrected chi connectivity index (χ0v) is 14.1. The van der Waals surface area contributed by atoms with E-state index in [9.17, 15) is 0 Å². The Labute approximate surface area is 133 Å². The summed E-state index contributed by atoms with van der Waals surface area (Å²) >= 11 is 0. The second-order valence-electron chi connectivity index (χ2n) is 5.62. The van der Waals surface area contributed by atoms with E-state index >= 15 is 0 Å². The van der Waals surface area contributed by atoms with Gasteiger partial charge in [-0.05, 0) is 27.7 Å². The maximum Gasteiger partial charge on any atom is 0.147 e. The highest BCUT2D eigenvalue weighted by molar-refractivity contribution is 5.85. The van der Waals surface area contributed by atoms with E-state index in [0.29, 0.717) is 0 Å². The fourth-order valence-electron chi connectivity index (χ4n) is 1.95.